The largest absolute Gasteiger partial charge is 0.344 e. The van der Waals surface area contributed by atoms with Crippen molar-refractivity contribution >= 4 is 11.9 Å². The highest BCUT2D eigenvalue weighted by molar-refractivity contribution is 5.86. The monoisotopic (exact) mass is 255 g/mol. The lowest BCUT2D eigenvalue weighted by molar-refractivity contribution is -0.131. The second kappa shape index (κ2) is 7.24. The highest BCUT2D eigenvalue weighted by Crippen LogP contribution is 2.17. The summed E-state index contributed by atoms with van der Waals surface area (Å²) < 4.78 is 0. The van der Waals surface area contributed by atoms with E-state index >= 15 is 0 Å². The first-order valence-corrected chi connectivity index (χ1v) is 6.86. The normalized spacial score (nSPS) is 17.9. The van der Waals surface area contributed by atoms with Crippen molar-refractivity contribution < 1.29 is 9.59 Å². The molecule has 2 N–H and O–H groups in total. The summed E-state index contributed by atoms with van der Waals surface area (Å²) in [7, 11) is 1.74. The molecule has 18 heavy (non-hydrogen) atoms. The van der Waals surface area contributed by atoms with Crippen molar-refractivity contribution in [1.82, 2.24) is 15.5 Å². The van der Waals surface area contributed by atoms with Crippen molar-refractivity contribution in [2.45, 2.75) is 58.0 Å². The molecule has 1 saturated carbocycles. The van der Waals surface area contributed by atoms with Crippen molar-refractivity contribution in [3.05, 3.63) is 0 Å². The second-order valence-corrected chi connectivity index (χ2v) is 5.03. The lowest BCUT2D eigenvalue weighted by Crippen LogP contribution is -2.51. The number of hydrogen-bond donors (Lipinski definition) is 2. The summed E-state index contributed by atoms with van der Waals surface area (Å²) in [5, 5.41) is 5.64. The van der Waals surface area contributed by atoms with Gasteiger partial charge in [-0.2, -0.15) is 0 Å². The number of carbonyl (C=O) groups is 2. The minimum absolute atomic E-state index is 0.0590. The Kier molecular flexibility index (Phi) is 5.95. The zero-order chi connectivity index (χ0) is 13.5. The summed E-state index contributed by atoms with van der Waals surface area (Å²) in [5.41, 5.74) is 0. The molecule has 0 aliphatic heterocycles. The molecule has 0 aromatic heterocycles. The molecule has 104 valence electrons. The number of nitrogens with zero attached hydrogens (tertiary/aromatic N) is 1. The van der Waals surface area contributed by atoms with E-state index in [1.54, 1.807) is 18.9 Å². The standard InChI is InChI=1S/C13H25N3O2/c1-4-16(3)12(17)10(2)14-13(18)15-11-8-6-5-7-9-11/h10-11H,4-9H2,1-3H3,(H2,14,15,18). The SMILES string of the molecule is CCN(C)C(=O)C(C)NC(=O)NC1CCCCC1. The van der Waals surface area contributed by atoms with Crippen LogP contribution in [0.25, 0.3) is 0 Å². The molecule has 0 saturated heterocycles. The Balaban J connectivity index is 2.32. The van der Waals surface area contributed by atoms with Crippen LogP contribution in [0.2, 0.25) is 0 Å². The molecule has 1 fully saturated rings. The van der Waals surface area contributed by atoms with Crippen molar-refractivity contribution in [2.75, 3.05) is 13.6 Å². The third kappa shape index (κ3) is 4.55. The molecule has 5 nitrogen and oxygen atoms in total. The van der Waals surface area contributed by atoms with Gasteiger partial charge < -0.3 is 15.5 Å². The van der Waals surface area contributed by atoms with Gasteiger partial charge in [0.25, 0.3) is 0 Å². The predicted octanol–water partition coefficient (Wildman–Crippen LogP) is 1.49. The molecule has 1 rings (SSSR count). The zero-order valence-electron chi connectivity index (χ0n) is 11.7. The van der Waals surface area contributed by atoms with E-state index in [1.807, 2.05) is 6.92 Å². The molecular formula is C13H25N3O2. The lowest BCUT2D eigenvalue weighted by atomic mass is 9.96. The Bertz CT molecular complexity index is 288. The third-order valence-corrected chi connectivity index (χ3v) is 3.51. The van der Waals surface area contributed by atoms with E-state index in [0.717, 1.165) is 12.8 Å². The quantitative estimate of drug-likeness (QED) is 0.799. The molecule has 3 amide bonds. The molecular weight excluding hydrogens is 230 g/mol. The van der Waals surface area contributed by atoms with Crippen molar-refractivity contribution in [3.63, 3.8) is 0 Å². The molecule has 1 aliphatic rings. The summed E-state index contributed by atoms with van der Waals surface area (Å²) in [6.45, 7) is 4.27. The topological polar surface area (TPSA) is 61.4 Å². The van der Waals surface area contributed by atoms with E-state index < -0.39 is 6.04 Å². The van der Waals surface area contributed by atoms with E-state index in [-0.39, 0.29) is 18.0 Å². The summed E-state index contributed by atoms with van der Waals surface area (Å²) in [5.74, 6) is -0.0590. The van der Waals surface area contributed by atoms with Gasteiger partial charge in [-0.25, -0.2) is 4.79 Å². The number of nitrogens with one attached hydrogen (secondary N) is 2. The lowest BCUT2D eigenvalue weighted by Gasteiger charge is -2.25. The second-order valence-electron chi connectivity index (χ2n) is 5.03. The van der Waals surface area contributed by atoms with Gasteiger partial charge in [0, 0.05) is 19.6 Å². The molecule has 1 unspecified atom stereocenters. The maximum atomic E-state index is 11.8. The van der Waals surface area contributed by atoms with Crippen LogP contribution < -0.4 is 10.6 Å². The summed E-state index contributed by atoms with van der Waals surface area (Å²) in [6.07, 6.45) is 5.71. The fourth-order valence-electron chi connectivity index (χ4n) is 2.22. The van der Waals surface area contributed by atoms with Crippen LogP contribution in [0.4, 0.5) is 4.79 Å². The van der Waals surface area contributed by atoms with Gasteiger partial charge in [-0.1, -0.05) is 19.3 Å². The van der Waals surface area contributed by atoms with Gasteiger partial charge in [0.15, 0.2) is 0 Å². The third-order valence-electron chi connectivity index (χ3n) is 3.51. The number of hydrogen-bond acceptors (Lipinski definition) is 2. The minimum atomic E-state index is -0.474. The molecule has 1 aliphatic carbocycles. The van der Waals surface area contributed by atoms with Crippen LogP contribution in [-0.2, 0) is 4.79 Å². The van der Waals surface area contributed by atoms with Gasteiger partial charge in [-0.05, 0) is 26.7 Å². The van der Waals surface area contributed by atoms with Gasteiger partial charge in [-0.15, -0.1) is 0 Å². The van der Waals surface area contributed by atoms with Gasteiger partial charge in [-0.3, -0.25) is 4.79 Å². The van der Waals surface area contributed by atoms with Crippen molar-refractivity contribution in [2.24, 2.45) is 0 Å². The molecule has 0 aromatic carbocycles. The Labute approximate surface area is 109 Å². The average Bonchev–Trinajstić information content (AvgIpc) is 2.37. The number of rotatable bonds is 4. The Morgan fingerprint density at radius 1 is 1.28 bits per heavy atom. The van der Waals surface area contributed by atoms with Crippen LogP contribution in [-0.4, -0.2) is 42.5 Å². The summed E-state index contributed by atoms with van der Waals surface area (Å²) >= 11 is 0. The number of amides is 3. The molecule has 1 atom stereocenters. The summed E-state index contributed by atoms with van der Waals surface area (Å²) in [6, 6.07) is -0.434. The van der Waals surface area contributed by atoms with E-state index in [4.69, 9.17) is 0 Å². The van der Waals surface area contributed by atoms with E-state index in [0.29, 0.717) is 6.54 Å². The fourth-order valence-corrected chi connectivity index (χ4v) is 2.22. The highest BCUT2D eigenvalue weighted by Gasteiger charge is 2.20. The van der Waals surface area contributed by atoms with Gasteiger partial charge in [0.1, 0.15) is 6.04 Å². The Morgan fingerprint density at radius 2 is 1.89 bits per heavy atom. The number of likely N-dealkylation sites (N-methyl/N-ethyl adjacent to an activating group) is 1. The fraction of sp³-hybridized carbons (Fsp3) is 0.846. The number of urea groups is 1. The van der Waals surface area contributed by atoms with Crippen molar-refractivity contribution in [1.29, 1.82) is 0 Å². The van der Waals surface area contributed by atoms with Gasteiger partial charge in [0.2, 0.25) is 5.91 Å². The molecule has 0 heterocycles. The van der Waals surface area contributed by atoms with Crippen LogP contribution in [0.1, 0.15) is 46.0 Å². The molecule has 0 radical (unpaired) electrons. The minimum Gasteiger partial charge on any atom is -0.344 e. The van der Waals surface area contributed by atoms with Gasteiger partial charge in [0.05, 0.1) is 0 Å². The first kappa shape index (κ1) is 14.8. The molecule has 0 aromatic rings. The molecule has 0 spiro atoms. The van der Waals surface area contributed by atoms with E-state index in [2.05, 4.69) is 10.6 Å². The van der Waals surface area contributed by atoms with Crippen LogP contribution in [0.3, 0.4) is 0 Å². The van der Waals surface area contributed by atoms with Gasteiger partial charge >= 0.3 is 6.03 Å². The van der Waals surface area contributed by atoms with E-state index in [1.165, 1.54) is 19.3 Å². The number of carbonyl (C=O) groups excluding carboxylic acids is 2. The maximum absolute atomic E-state index is 11.8. The first-order chi connectivity index (χ1) is 8.54. The smallest absolute Gasteiger partial charge is 0.315 e. The zero-order valence-corrected chi connectivity index (χ0v) is 11.7. The van der Waals surface area contributed by atoms with Crippen LogP contribution in [0.5, 0.6) is 0 Å². The van der Waals surface area contributed by atoms with Crippen LogP contribution >= 0.6 is 0 Å². The van der Waals surface area contributed by atoms with Crippen LogP contribution in [0, 0.1) is 0 Å². The van der Waals surface area contributed by atoms with E-state index in [9.17, 15) is 9.59 Å². The van der Waals surface area contributed by atoms with Crippen molar-refractivity contribution in [3.8, 4) is 0 Å². The average molecular weight is 255 g/mol. The predicted molar refractivity (Wildman–Crippen MR) is 71.3 cm³/mol. The molecule has 5 heteroatoms. The highest BCUT2D eigenvalue weighted by atomic mass is 16.2. The summed E-state index contributed by atoms with van der Waals surface area (Å²) in [4.78, 5) is 25.1. The van der Waals surface area contributed by atoms with Crippen LogP contribution in [0.15, 0.2) is 0 Å². The molecule has 0 bridgehead atoms. The Hall–Kier alpha value is -1.26. The first-order valence-electron chi connectivity index (χ1n) is 6.86. The Morgan fingerprint density at radius 3 is 2.44 bits per heavy atom. The maximum Gasteiger partial charge on any atom is 0.315 e.